The zero-order valence-electron chi connectivity index (χ0n) is 14.6. The lowest BCUT2D eigenvalue weighted by Gasteiger charge is -2.25. The summed E-state index contributed by atoms with van der Waals surface area (Å²) in [6.07, 6.45) is 2.92. The fourth-order valence-electron chi connectivity index (χ4n) is 2.92. The van der Waals surface area contributed by atoms with Crippen molar-refractivity contribution in [2.45, 2.75) is 36.4 Å². The van der Waals surface area contributed by atoms with E-state index in [-0.39, 0.29) is 28.9 Å². The fraction of sp³-hybridized carbons (Fsp3) is 0.389. The van der Waals surface area contributed by atoms with Crippen LogP contribution in [0.5, 0.6) is 0 Å². The van der Waals surface area contributed by atoms with E-state index in [4.69, 9.17) is 0 Å². The van der Waals surface area contributed by atoms with Crippen molar-refractivity contribution in [1.82, 2.24) is 9.62 Å². The molecule has 1 aliphatic heterocycles. The number of amides is 1. The third-order valence-electron chi connectivity index (χ3n) is 4.36. The van der Waals surface area contributed by atoms with E-state index in [0.29, 0.717) is 23.5 Å². The molecule has 146 valence electrons. The molecule has 0 atom stereocenters. The van der Waals surface area contributed by atoms with Crippen LogP contribution in [0.1, 0.15) is 29.7 Å². The molecule has 1 N–H and O–H groups in total. The van der Waals surface area contributed by atoms with E-state index in [2.05, 4.69) is 21.2 Å². The zero-order valence-corrected chi connectivity index (χ0v) is 17.8. The lowest BCUT2D eigenvalue weighted by molar-refractivity contribution is -0.120. The van der Waals surface area contributed by atoms with E-state index in [1.807, 2.05) is 0 Å². The van der Waals surface area contributed by atoms with Crippen molar-refractivity contribution in [3.05, 3.63) is 51.1 Å². The number of carbonyl (C=O) groups excluding carboxylic acids is 1. The highest BCUT2D eigenvalue weighted by Gasteiger charge is 2.27. The van der Waals surface area contributed by atoms with Gasteiger partial charge in [0.15, 0.2) is 0 Å². The number of hydrogen-bond acceptors (Lipinski definition) is 4. The van der Waals surface area contributed by atoms with Crippen LogP contribution < -0.4 is 5.32 Å². The number of thiophene rings is 1. The van der Waals surface area contributed by atoms with Gasteiger partial charge in [-0.3, -0.25) is 4.79 Å². The molecule has 5 nitrogen and oxygen atoms in total. The maximum atomic E-state index is 13.3. The Balaban J connectivity index is 1.60. The first-order chi connectivity index (χ1) is 12.9. The Hall–Kier alpha value is -1.29. The number of halogens is 2. The summed E-state index contributed by atoms with van der Waals surface area (Å²) in [4.78, 5) is 12.9. The zero-order chi connectivity index (χ0) is 19.4. The quantitative estimate of drug-likeness (QED) is 0.693. The van der Waals surface area contributed by atoms with Crippen LogP contribution in [0.15, 0.2) is 39.0 Å². The number of nitrogens with one attached hydrogen (secondary N) is 1. The lowest BCUT2D eigenvalue weighted by atomic mass is 10.2. The predicted octanol–water partition coefficient (Wildman–Crippen LogP) is 3.68. The van der Waals surface area contributed by atoms with Crippen LogP contribution in [0.3, 0.4) is 0 Å². The summed E-state index contributed by atoms with van der Waals surface area (Å²) in [7, 11) is -3.47. The first-order valence-corrected chi connectivity index (χ1v) is 11.7. The van der Waals surface area contributed by atoms with Crippen molar-refractivity contribution < 1.29 is 17.6 Å². The van der Waals surface area contributed by atoms with E-state index in [1.54, 1.807) is 18.2 Å². The van der Waals surface area contributed by atoms with Crippen LogP contribution in [0, 0.1) is 5.82 Å². The summed E-state index contributed by atoms with van der Waals surface area (Å²) in [6, 6.07) is 7.54. The standard InChI is InChI=1S/C18H20BrFN2O3S2/c19-16-6-4-14(20)10-13(16)12-21-17(23)11-15-5-7-18(26-15)27(24,25)22-8-2-1-3-9-22/h4-7,10H,1-3,8-9,11-12H2,(H,21,23). The first-order valence-electron chi connectivity index (χ1n) is 8.66. The minimum Gasteiger partial charge on any atom is -0.352 e. The SMILES string of the molecule is O=C(Cc1ccc(S(=O)(=O)N2CCCCC2)s1)NCc1cc(F)ccc1Br. The lowest BCUT2D eigenvalue weighted by Crippen LogP contribution is -2.35. The largest absolute Gasteiger partial charge is 0.352 e. The fourth-order valence-corrected chi connectivity index (χ4v) is 6.33. The Labute approximate surface area is 170 Å². The predicted molar refractivity (Wildman–Crippen MR) is 107 cm³/mol. The molecule has 1 aromatic heterocycles. The van der Waals surface area contributed by atoms with E-state index < -0.39 is 10.0 Å². The van der Waals surface area contributed by atoms with Gasteiger partial charge in [0.2, 0.25) is 5.91 Å². The maximum absolute atomic E-state index is 13.3. The maximum Gasteiger partial charge on any atom is 0.252 e. The van der Waals surface area contributed by atoms with Gasteiger partial charge in [0, 0.05) is 29.0 Å². The van der Waals surface area contributed by atoms with Gasteiger partial charge in [-0.15, -0.1) is 11.3 Å². The Morgan fingerprint density at radius 1 is 1.19 bits per heavy atom. The molecule has 1 fully saturated rings. The van der Waals surface area contributed by atoms with Crippen molar-refractivity contribution in [2.24, 2.45) is 0 Å². The average Bonchev–Trinajstić information content (AvgIpc) is 3.12. The van der Waals surface area contributed by atoms with Gasteiger partial charge in [-0.2, -0.15) is 4.31 Å². The number of sulfonamides is 1. The second kappa shape index (κ2) is 8.81. The highest BCUT2D eigenvalue weighted by Crippen LogP contribution is 2.27. The third-order valence-corrected chi connectivity index (χ3v) is 8.59. The van der Waals surface area contributed by atoms with Gasteiger partial charge in [-0.25, -0.2) is 12.8 Å². The second-order valence-electron chi connectivity index (χ2n) is 6.37. The summed E-state index contributed by atoms with van der Waals surface area (Å²) < 4.78 is 41.1. The molecular formula is C18H20BrFN2O3S2. The van der Waals surface area contributed by atoms with Crippen molar-refractivity contribution in [2.75, 3.05) is 13.1 Å². The molecule has 1 aromatic carbocycles. The molecule has 27 heavy (non-hydrogen) atoms. The van der Waals surface area contributed by atoms with Crippen LogP contribution in [-0.4, -0.2) is 31.7 Å². The van der Waals surface area contributed by atoms with Gasteiger partial charge < -0.3 is 5.32 Å². The minimum atomic E-state index is -3.47. The number of benzene rings is 1. The van der Waals surface area contributed by atoms with E-state index in [1.165, 1.54) is 16.4 Å². The van der Waals surface area contributed by atoms with Crippen molar-refractivity contribution >= 4 is 43.2 Å². The average molecular weight is 475 g/mol. The van der Waals surface area contributed by atoms with Gasteiger partial charge in [-0.1, -0.05) is 22.4 Å². The Bertz CT molecular complexity index is 924. The summed E-state index contributed by atoms with van der Waals surface area (Å²) >= 11 is 4.45. The Morgan fingerprint density at radius 3 is 2.67 bits per heavy atom. The number of rotatable bonds is 6. The van der Waals surface area contributed by atoms with E-state index >= 15 is 0 Å². The van der Waals surface area contributed by atoms with Crippen LogP contribution in [0.2, 0.25) is 0 Å². The Morgan fingerprint density at radius 2 is 1.93 bits per heavy atom. The van der Waals surface area contributed by atoms with Gasteiger partial charge in [-0.05, 0) is 48.7 Å². The first kappa shape index (κ1) is 20.4. The number of nitrogens with zero attached hydrogens (tertiary/aromatic N) is 1. The second-order valence-corrected chi connectivity index (χ2v) is 10.6. The number of carbonyl (C=O) groups is 1. The molecular weight excluding hydrogens is 455 g/mol. The van der Waals surface area contributed by atoms with E-state index in [0.717, 1.165) is 35.1 Å². The minimum absolute atomic E-state index is 0.0904. The highest BCUT2D eigenvalue weighted by molar-refractivity contribution is 9.10. The molecule has 1 saturated heterocycles. The van der Waals surface area contributed by atoms with Gasteiger partial charge in [0.25, 0.3) is 10.0 Å². The monoisotopic (exact) mass is 474 g/mol. The van der Waals surface area contributed by atoms with Gasteiger partial charge >= 0.3 is 0 Å². The summed E-state index contributed by atoms with van der Waals surface area (Å²) in [5, 5.41) is 2.74. The molecule has 0 saturated carbocycles. The molecule has 1 aliphatic rings. The molecule has 9 heteroatoms. The molecule has 0 unspecified atom stereocenters. The number of piperidine rings is 1. The summed E-state index contributed by atoms with van der Waals surface area (Å²) in [6.45, 7) is 1.30. The van der Waals surface area contributed by atoms with Gasteiger partial charge in [0.05, 0.1) is 6.42 Å². The highest BCUT2D eigenvalue weighted by atomic mass is 79.9. The summed E-state index contributed by atoms with van der Waals surface area (Å²) in [5.41, 5.74) is 0.642. The van der Waals surface area contributed by atoms with Gasteiger partial charge in [0.1, 0.15) is 10.0 Å². The van der Waals surface area contributed by atoms with Crippen LogP contribution in [0.4, 0.5) is 4.39 Å². The molecule has 2 aromatic rings. The topological polar surface area (TPSA) is 66.5 Å². The molecule has 0 bridgehead atoms. The van der Waals surface area contributed by atoms with Crippen LogP contribution in [-0.2, 0) is 27.8 Å². The molecule has 3 rings (SSSR count). The smallest absolute Gasteiger partial charge is 0.252 e. The molecule has 0 aliphatic carbocycles. The van der Waals surface area contributed by atoms with Crippen LogP contribution >= 0.6 is 27.3 Å². The van der Waals surface area contributed by atoms with Crippen molar-refractivity contribution in [1.29, 1.82) is 0 Å². The normalized spacial score (nSPS) is 15.6. The number of hydrogen-bond donors (Lipinski definition) is 1. The van der Waals surface area contributed by atoms with Crippen molar-refractivity contribution in [3.63, 3.8) is 0 Å². The van der Waals surface area contributed by atoms with Crippen LogP contribution in [0.25, 0.3) is 0 Å². The Kier molecular flexibility index (Phi) is 6.67. The molecule has 1 amide bonds. The van der Waals surface area contributed by atoms with E-state index in [9.17, 15) is 17.6 Å². The third kappa shape index (κ3) is 5.16. The summed E-state index contributed by atoms with van der Waals surface area (Å²) in [5.74, 6) is -0.608. The molecule has 0 spiro atoms. The molecule has 0 radical (unpaired) electrons. The molecule has 2 heterocycles. The van der Waals surface area contributed by atoms with Crippen molar-refractivity contribution in [3.8, 4) is 0 Å².